The summed E-state index contributed by atoms with van der Waals surface area (Å²) in [6, 6.07) is 25.8. The van der Waals surface area contributed by atoms with Crippen molar-refractivity contribution < 1.29 is 47.9 Å². The van der Waals surface area contributed by atoms with Gasteiger partial charge in [0.05, 0.1) is 46.9 Å². The molecule has 1 aromatic heterocycles. The van der Waals surface area contributed by atoms with Crippen LogP contribution in [0.15, 0.2) is 101 Å². The van der Waals surface area contributed by atoms with E-state index in [4.69, 9.17) is 33.2 Å². The summed E-state index contributed by atoms with van der Waals surface area (Å²) in [5.41, 5.74) is -0.400. The third-order valence-corrected chi connectivity index (χ3v) is 12.5. The monoisotopic (exact) mass is 943 g/mol. The number of aromatic nitrogens is 2. The molecule has 0 amide bonds. The van der Waals surface area contributed by atoms with Crippen molar-refractivity contribution in [2.24, 2.45) is 0 Å². The fraction of sp³-hybridized carbons (Fsp3) is 0.556. The summed E-state index contributed by atoms with van der Waals surface area (Å²) in [5.74, 6) is -0.682. The molecule has 1 saturated heterocycles. The molecule has 1 aliphatic heterocycles. The summed E-state index contributed by atoms with van der Waals surface area (Å²) < 4.78 is 44.4. The molecule has 0 spiro atoms. The lowest BCUT2D eigenvalue weighted by molar-refractivity contribution is -0.162. The molecule has 0 saturated carbocycles. The van der Waals surface area contributed by atoms with E-state index in [-0.39, 0.29) is 19.8 Å². The van der Waals surface area contributed by atoms with Crippen molar-refractivity contribution >= 4 is 11.9 Å². The summed E-state index contributed by atoms with van der Waals surface area (Å²) in [6.07, 6.45) is 16.4. The van der Waals surface area contributed by atoms with Crippen LogP contribution in [0.25, 0.3) is 0 Å². The Labute approximate surface area is 401 Å². The molecule has 372 valence electrons. The molecule has 14 nitrogen and oxygen atoms in total. The second-order valence-corrected chi connectivity index (χ2v) is 17.5. The largest absolute Gasteiger partial charge is 0.497 e. The maximum absolute atomic E-state index is 13.4. The molecule has 14 heteroatoms. The molecule has 2 N–H and O–H groups in total. The van der Waals surface area contributed by atoms with Crippen molar-refractivity contribution in [2.45, 2.75) is 153 Å². The highest BCUT2D eigenvalue weighted by Gasteiger charge is 2.51. The number of hydrogen-bond donors (Lipinski definition) is 2. The zero-order valence-electron chi connectivity index (χ0n) is 40.4. The smallest absolute Gasteiger partial charge is 0.330 e. The average molecular weight is 943 g/mol. The number of carbonyl (C=O) groups excluding carboxylic acids is 1. The molecule has 1 aliphatic rings. The SMILES string of the molecule is CCCCCCCCCCCCCCCCCCOCCOC1C(OC(=O)CCC(=O)O)[C@@H](COC(c2ccccc2)(c2ccc(OC)cc2)c2ccc(OC)cc2)O[C@H]1n1ccc(=O)[nH]c1=O. The number of esters is 1. The maximum atomic E-state index is 13.4. The molecule has 5 rings (SSSR count). The zero-order valence-corrected chi connectivity index (χ0v) is 40.4. The quantitative estimate of drug-likeness (QED) is 0.0258. The number of aromatic amines is 1. The predicted octanol–water partition coefficient (Wildman–Crippen LogP) is 9.90. The van der Waals surface area contributed by atoms with Crippen molar-refractivity contribution in [3.63, 3.8) is 0 Å². The fourth-order valence-electron chi connectivity index (χ4n) is 8.81. The van der Waals surface area contributed by atoms with Gasteiger partial charge in [0.1, 0.15) is 29.3 Å². The van der Waals surface area contributed by atoms with Gasteiger partial charge in [-0.25, -0.2) is 4.79 Å². The van der Waals surface area contributed by atoms with Crippen LogP contribution in [0.1, 0.15) is 145 Å². The van der Waals surface area contributed by atoms with Crippen molar-refractivity contribution in [1.29, 1.82) is 0 Å². The van der Waals surface area contributed by atoms with E-state index in [1.807, 2.05) is 78.9 Å². The minimum absolute atomic E-state index is 0.0594. The van der Waals surface area contributed by atoms with E-state index in [9.17, 15) is 24.3 Å². The minimum Gasteiger partial charge on any atom is -0.497 e. The molecule has 2 heterocycles. The highest BCUT2D eigenvalue weighted by molar-refractivity contribution is 5.76. The first kappa shape index (κ1) is 53.7. The van der Waals surface area contributed by atoms with E-state index < -0.39 is 66.2 Å². The summed E-state index contributed by atoms with van der Waals surface area (Å²) in [7, 11) is 3.18. The number of rotatable bonds is 34. The first-order chi connectivity index (χ1) is 33.2. The number of H-pyrrole nitrogens is 1. The van der Waals surface area contributed by atoms with Gasteiger partial charge < -0.3 is 38.3 Å². The standard InChI is InChI=1S/C54H74N2O12/c1-4-5-6-7-8-9-10-11-12-13-14-15-16-17-18-22-37-64-38-39-65-51-50(68-49(60)34-33-48(58)59)46(67-52(51)56-36-35-47(57)55-53(56)61)40-66-54(41-23-20-19-21-24-41,42-25-29-44(62-2)30-26-42)43-27-31-45(63-3)32-28-43/h19-21,23-32,35-36,46,50-52H,4-18,22,33-34,37-40H2,1-3H3,(H,58,59)(H,55,57,61)/t46-,50?,51?,52-/m1/s1. The van der Waals surface area contributed by atoms with Crippen molar-refractivity contribution in [3.8, 4) is 11.5 Å². The van der Waals surface area contributed by atoms with E-state index >= 15 is 0 Å². The molecular formula is C54H74N2O12. The van der Waals surface area contributed by atoms with Gasteiger partial charge in [0.2, 0.25) is 0 Å². The number of aliphatic carboxylic acids is 1. The summed E-state index contributed by atoms with van der Waals surface area (Å²) in [5, 5.41) is 9.39. The lowest BCUT2D eigenvalue weighted by Gasteiger charge is -2.37. The summed E-state index contributed by atoms with van der Waals surface area (Å²) >= 11 is 0. The Morgan fingerprint density at radius 3 is 1.69 bits per heavy atom. The van der Waals surface area contributed by atoms with Crippen LogP contribution in [-0.2, 0) is 38.9 Å². The normalized spacial score (nSPS) is 17.0. The lowest BCUT2D eigenvalue weighted by atomic mass is 9.80. The molecule has 4 atom stereocenters. The average Bonchev–Trinajstić information content (AvgIpc) is 3.68. The molecular weight excluding hydrogens is 869 g/mol. The number of nitrogens with zero attached hydrogens (tertiary/aromatic N) is 1. The van der Waals surface area contributed by atoms with Gasteiger partial charge in [0.15, 0.2) is 12.3 Å². The third kappa shape index (κ3) is 16.5. The Morgan fingerprint density at radius 2 is 1.18 bits per heavy atom. The van der Waals surface area contributed by atoms with Crippen LogP contribution in [0.5, 0.6) is 11.5 Å². The van der Waals surface area contributed by atoms with Crippen LogP contribution >= 0.6 is 0 Å². The number of ether oxygens (including phenoxy) is 7. The van der Waals surface area contributed by atoms with Crippen LogP contribution in [-0.4, -0.2) is 85.6 Å². The number of carboxylic acid groups (broad SMARTS) is 1. The van der Waals surface area contributed by atoms with Crippen molar-refractivity contribution in [2.75, 3.05) is 40.6 Å². The van der Waals surface area contributed by atoms with Crippen molar-refractivity contribution in [3.05, 3.63) is 129 Å². The number of benzene rings is 3. The Bertz CT molecular complexity index is 2110. The Hall–Kier alpha value is -5.28. The maximum Gasteiger partial charge on any atom is 0.330 e. The molecule has 68 heavy (non-hydrogen) atoms. The van der Waals surface area contributed by atoms with Gasteiger partial charge in [-0.05, 0) is 47.4 Å². The van der Waals surface area contributed by atoms with Gasteiger partial charge in [0, 0.05) is 18.9 Å². The molecule has 0 bridgehead atoms. The van der Waals surface area contributed by atoms with Gasteiger partial charge >= 0.3 is 17.6 Å². The number of nitrogens with one attached hydrogen (secondary N) is 1. The van der Waals surface area contributed by atoms with Crippen LogP contribution in [0.3, 0.4) is 0 Å². The number of unbranched alkanes of at least 4 members (excludes halogenated alkanes) is 15. The number of methoxy groups -OCH3 is 2. The van der Waals surface area contributed by atoms with Crippen LogP contribution in [0.4, 0.5) is 0 Å². The van der Waals surface area contributed by atoms with E-state index in [0.29, 0.717) is 18.1 Å². The Balaban J connectivity index is 1.27. The number of carboxylic acids is 1. The van der Waals surface area contributed by atoms with E-state index in [1.54, 1.807) is 14.2 Å². The minimum atomic E-state index is -1.29. The third-order valence-electron chi connectivity index (χ3n) is 12.5. The molecule has 0 aliphatic carbocycles. The second-order valence-electron chi connectivity index (χ2n) is 17.5. The molecule has 3 aromatic carbocycles. The fourth-order valence-corrected chi connectivity index (χ4v) is 8.81. The van der Waals surface area contributed by atoms with E-state index in [2.05, 4.69) is 11.9 Å². The second kappa shape index (κ2) is 29.6. The highest BCUT2D eigenvalue weighted by Crippen LogP contribution is 2.43. The molecule has 0 radical (unpaired) electrons. The van der Waals surface area contributed by atoms with Gasteiger partial charge in [-0.3, -0.25) is 23.9 Å². The van der Waals surface area contributed by atoms with Crippen LogP contribution < -0.4 is 20.7 Å². The van der Waals surface area contributed by atoms with Gasteiger partial charge in [-0.15, -0.1) is 0 Å². The first-order valence-corrected chi connectivity index (χ1v) is 24.8. The number of hydrogen-bond acceptors (Lipinski definition) is 11. The van der Waals surface area contributed by atoms with Gasteiger partial charge in [-0.1, -0.05) is 158 Å². The van der Waals surface area contributed by atoms with Crippen LogP contribution in [0, 0.1) is 0 Å². The van der Waals surface area contributed by atoms with Crippen LogP contribution in [0.2, 0.25) is 0 Å². The van der Waals surface area contributed by atoms with Gasteiger partial charge in [0.25, 0.3) is 5.56 Å². The lowest BCUT2D eigenvalue weighted by Crippen LogP contribution is -2.43. The van der Waals surface area contributed by atoms with E-state index in [0.717, 1.165) is 36.0 Å². The summed E-state index contributed by atoms with van der Waals surface area (Å²) in [6.45, 7) is 2.87. The predicted molar refractivity (Wildman–Crippen MR) is 260 cm³/mol. The topological polar surface area (TPSA) is 174 Å². The van der Waals surface area contributed by atoms with Crippen molar-refractivity contribution in [1.82, 2.24) is 9.55 Å². The molecule has 4 aromatic rings. The highest BCUT2D eigenvalue weighted by atomic mass is 16.6. The first-order valence-electron chi connectivity index (χ1n) is 24.8. The van der Waals surface area contributed by atoms with Gasteiger partial charge in [-0.2, -0.15) is 0 Å². The Kier molecular flexibility index (Phi) is 23.3. The Morgan fingerprint density at radius 1 is 0.647 bits per heavy atom. The number of carbonyl (C=O) groups is 2. The van der Waals surface area contributed by atoms with E-state index in [1.165, 1.54) is 100 Å². The molecule has 2 unspecified atom stereocenters. The summed E-state index contributed by atoms with van der Waals surface area (Å²) in [4.78, 5) is 52.7. The molecule has 1 fully saturated rings. The zero-order chi connectivity index (χ0) is 48.4.